The number of hydrogen-bond donors (Lipinski definition) is 1. The zero-order valence-corrected chi connectivity index (χ0v) is 20.0. The SMILES string of the molecule is CCNC(=O)[C@@]1(OCc2ccccc2F)C[C@H](OCc2ccc(F)cc2F)[C@@H]2OC(C)(C)O[C@@H]2C1. The van der Waals surface area contributed by atoms with Crippen LogP contribution < -0.4 is 5.32 Å². The molecule has 2 aromatic rings. The van der Waals surface area contributed by atoms with E-state index in [9.17, 15) is 18.0 Å². The van der Waals surface area contributed by atoms with Gasteiger partial charge in [-0.3, -0.25) is 4.79 Å². The van der Waals surface area contributed by atoms with Crippen molar-refractivity contribution in [1.82, 2.24) is 5.32 Å². The van der Waals surface area contributed by atoms with Gasteiger partial charge in [0.25, 0.3) is 5.91 Å². The van der Waals surface area contributed by atoms with Gasteiger partial charge in [-0.2, -0.15) is 0 Å². The number of carbonyl (C=O) groups is 1. The van der Waals surface area contributed by atoms with Crippen LogP contribution in [0.15, 0.2) is 42.5 Å². The Hall–Kier alpha value is -2.46. The molecule has 9 heteroatoms. The molecule has 4 atom stereocenters. The van der Waals surface area contributed by atoms with Crippen LogP contribution in [0, 0.1) is 17.5 Å². The summed E-state index contributed by atoms with van der Waals surface area (Å²) in [6.07, 6.45) is -1.54. The van der Waals surface area contributed by atoms with E-state index in [2.05, 4.69) is 5.32 Å². The molecule has 6 nitrogen and oxygen atoms in total. The molecule has 0 spiro atoms. The van der Waals surface area contributed by atoms with Crippen molar-refractivity contribution in [3.8, 4) is 0 Å². The van der Waals surface area contributed by atoms with Crippen LogP contribution in [0.3, 0.4) is 0 Å². The molecule has 1 aliphatic carbocycles. The molecule has 35 heavy (non-hydrogen) atoms. The predicted molar refractivity (Wildman–Crippen MR) is 121 cm³/mol. The fourth-order valence-electron chi connectivity index (χ4n) is 4.70. The van der Waals surface area contributed by atoms with E-state index in [-0.39, 0.29) is 37.5 Å². The van der Waals surface area contributed by atoms with Crippen LogP contribution in [0.25, 0.3) is 0 Å². The molecule has 1 saturated heterocycles. The van der Waals surface area contributed by atoms with E-state index in [1.807, 2.05) is 0 Å². The van der Waals surface area contributed by atoms with Crippen molar-refractivity contribution < 1.29 is 36.9 Å². The Balaban J connectivity index is 1.61. The van der Waals surface area contributed by atoms with Gasteiger partial charge in [0.1, 0.15) is 23.6 Å². The number of ether oxygens (including phenoxy) is 4. The number of likely N-dealkylation sites (N-methyl/N-ethyl adjacent to an activating group) is 1. The van der Waals surface area contributed by atoms with Crippen molar-refractivity contribution in [3.63, 3.8) is 0 Å². The number of nitrogens with one attached hydrogen (secondary N) is 1. The first-order valence-corrected chi connectivity index (χ1v) is 11.7. The largest absolute Gasteiger partial charge is 0.370 e. The molecule has 1 saturated carbocycles. The molecule has 1 aliphatic heterocycles. The summed E-state index contributed by atoms with van der Waals surface area (Å²) in [6, 6.07) is 9.44. The topological polar surface area (TPSA) is 66.0 Å². The lowest BCUT2D eigenvalue weighted by Gasteiger charge is -2.43. The normalized spacial score (nSPS) is 27.4. The van der Waals surface area contributed by atoms with Gasteiger partial charge < -0.3 is 24.3 Å². The molecule has 0 unspecified atom stereocenters. The number of fused-ring (bicyclic) bond motifs is 1. The van der Waals surface area contributed by atoms with Crippen molar-refractivity contribution in [2.24, 2.45) is 0 Å². The zero-order valence-electron chi connectivity index (χ0n) is 20.0. The minimum Gasteiger partial charge on any atom is -0.370 e. The van der Waals surface area contributed by atoms with Gasteiger partial charge in [0, 0.05) is 36.6 Å². The predicted octanol–water partition coefficient (Wildman–Crippen LogP) is 4.39. The van der Waals surface area contributed by atoms with Crippen LogP contribution in [0.4, 0.5) is 13.2 Å². The van der Waals surface area contributed by atoms with Crippen molar-refractivity contribution in [2.75, 3.05) is 6.54 Å². The number of benzene rings is 2. The molecule has 1 N–H and O–H groups in total. The van der Waals surface area contributed by atoms with E-state index in [0.717, 1.165) is 12.1 Å². The van der Waals surface area contributed by atoms with Gasteiger partial charge in [0.15, 0.2) is 11.4 Å². The minimum absolute atomic E-state index is 0.0801. The summed E-state index contributed by atoms with van der Waals surface area (Å²) in [7, 11) is 0. The van der Waals surface area contributed by atoms with Crippen LogP contribution >= 0.6 is 0 Å². The van der Waals surface area contributed by atoms with Gasteiger partial charge in [0.2, 0.25) is 0 Å². The molecule has 1 heterocycles. The molecular weight excluding hydrogens is 463 g/mol. The highest BCUT2D eigenvalue weighted by molar-refractivity contribution is 5.85. The molecule has 0 aromatic heterocycles. The van der Waals surface area contributed by atoms with Gasteiger partial charge in [-0.1, -0.05) is 24.3 Å². The third kappa shape index (κ3) is 5.69. The lowest BCUT2D eigenvalue weighted by molar-refractivity contribution is -0.183. The summed E-state index contributed by atoms with van der Waals surface area (Å²) in [6.45, 7) is 5.38. The van der Waals surface area contributed by atoms with Gasteiger partial charge in [-0.25, -0.2) is 13.2 Å². The molecule has 0 bridgehead atoms. The average molecular weight is 494 g/mol. The summed E-state index contributed by atoms with van der Waals surface area (Å²) in [4.78, 5) is 13.3. The summed E-state index contributed by atoms with van der Waals surface area (Å²) < 4.78 is 66.2. The first-order chi connectivity index (χ1) is 16.6. The molecule has 2 fully saturated rings. The number of amides is 1. The van der Waals surface area contributed by atoms with Gasteiger partial charge in [-0.05, 0) is 32.9 Å². The van der Waals surface area contributed by atoms with E-state index >= 15 is 0 Å². The molecular formula is C26H30F3NO5. The highest BCUT2D eigenvalue weighted by Gasteiger charge is 2.58. The molecule has 0 radical (unpaired) electrons. The van der Waals surface area contributed by atoms with E-state index in [1.165, 1.54) is 12.1 Å². The standard InChI is InChI=1S/C26H30F3NO5/c1-4-30-24(31)26(33-15-16-7-5-6-8-19(16)28)12-21(23-22(13-26)34-25(2,3)35-23)32-14-17-9-10-18(27)11-20(17)29/h5-11,21-23H,4,12-15H2,1-3H3,(H,30,31)/t21-,22+,23-,26+/m0/s1. The van der Waals surface area contributed by atoms with Gasteiger partial charge >= 0.3 is 0 Å². The Morgan fingerprint density at radius 1 is 1.03 bits per heavy atom. The van der Waals surface area contributed by atoms with Crippen LogP contribution in [-0.4, -0.2) is 42.2 Å². The number of hydrogen-bond acceptors (Lipinski definition) is 5. The third-order valence-corrected chi connectivity index (χ3v) is 6.33. The number of rotatable bonds is 8. The Kier molecular flexibility index (Phi) is 7.51. The van der Waals surface area contributed by atoms with Crippen LogP contribution in [0.5, 0.6) is 0 Å². The van der Waals surface area contributed by atoms with Gasteiger partial charge in [0.05, 0.1) is 25.4 Å². The van der Waals surface area contributed by atoms with Crippen LogP contribution in [0.2, 0.25) is 0 Å². The first-order valence-electron chi connectivity index (χ1n) is 11.7. The maximum atomic E-state index is 14.3. The summed E-state index contributed by atoms with van der Waals surface area (Å²) in [5.74, 6) is -3.15. The summed E-state index contributed by atoms with van der Waals surface area (Å²) >= 11 is 0. The zero-order chi connectivity index (χ0) is 25.2. The van der Waals surface area contributed by atoms with Crippen LogP contribution in [-0.2, 0) is 37.0 Å². The quantitative estimate of drug-likeness (QED) is 0.591. The van der Waals surface area contributed by atoms with E-state index in [1.54, 1.807) is 39.0 Å². The van der Waals surface area contributed by atoms with Gasteiger partial charge in [-0.15, -0.1) is 0 Å². The van der Waals surface area contributed by atoms with Crippen molar-refractivity contribution in [2.45, 2.75) is 76.5 Å². The van der Waals surface area contributed by atoms with Crippen LogP contribution in [0.1, 0.15) is 44.7 Å². The second-order valence-electron chi connectivity index (χ2n) is 9.37. The molecule has 2 aliphatic rings. The monoisotopic (exact) mass is 493 g/mol. The Morgan fingerprint density at radius 3 is 2.49 bits per heavy atom. The second kappa shape index (κ2) is 10.3. The molecule has 1 amide bonds. The first kappa shape index (κ1) is 25.6. The maximum Gasteiger partial charge on any atom is 0.252 e. The van der Waals surface area contributed by atoms with E-state index in [0.29, 0.717) is 12.1 Å². The average Bonchev–Trinajstić information content (AvgIpc) is 3.11. The Labute approximate surface area is 202 Å². The minimum atomic E-state index is -1.39. The second-order valence-corrected chi connectivity index (χ2v) is 9.37. The fourth-order valence-corrected chi connectivity index (χ4v) is 4.70. The van der Waals surface area contributed by atoms with Crippen molar-refractivity contribution in [1.29, 1.82) is 0 Å². The number of halogens is 3. The third-order valence-electron chi connectivity index (χ3n) is 6.33. The summed E-state index contributed by atoms with van der Waals surface area (Å²) in [5, 5.41) is 2.81. The Bertz CT molecular complexity index is 1070. The summed E-state index contributed by atoms with van der Waals surface area (Å²) in [5.41, 5.74) is -0.912. The highest BCUT2D eigenvalue weighted by Crippen LogP contribution is 2.44. The van der Waals surface area contributed by atoms with E-state index < -0.39 is 47.2 Å². The maximum absolute atomic E-state index is 14.3. The lowest BCUT2D eigenvalue weighted by atomic mass is 9.78. The molecule has 190 valence electrons. The smallest absolute Gasteiger partial charge is 0.252 e. The Morgan fingerprint density at radius 2 is 1.77 bits per heavy atom. The molecule has 2 aromatic carbocycles. The lowest BCUT2D eigenvalue weighted by Crippen LogP contribution is -2.60. The van der Waals surface area contributed by atoms with Crippen molar-refractivity contribution in [3.05, 3.63) is 71.0 Å². The highest BCUT2D eigenvalue weighted by atomic mass is 19.1. The number of carbonyl (C=O) groups excluding carboxylic acids is 1. The molecule has 4 rings (SSSR count). The van der Waals surface area contributed by atoms with E-state index in [4.69, 9.17) is 18.9 Å². The van der Waals surface area contributed by atoms with Crippen molar-refractivity contribution >= 4 is 5.91 Å². The fraction of sp³-hybridized carbons (Fsp3) is 0.500.